The minimum Gasteiger partial charge on any atom is -0.349 e. The van der Waals surface area contributed by atoms with E-state index in [1.54, 1.807) is 23.1 Å². The predicted molar refractivity (Wildman–Crippen MR) is 130 cm³/mol. The van der Waals surface area contributed by atoms with Crippen molar-refractivity contribution in [2.24, 2.45) is 5.92 Å². The van der Waals surface area contributed by atoms with E-state index in [0.29, 0.717) is 36.2 Å². The lowest BCUT2D eigenvalue weighted by atomic mass is 9.88. The maximum atomic E-state index is 13.2. The Morgan fingerprint density at radius 3 is 2.41 bits per heavy atom. The van der Waals surface area contributed by atoms with Crippen molar-refractivity contribution < 1.29 is 14.0 Å². The number of benzene rings is 1. The molecule has 1 aliphatic rings. The Kier molecular flexibility index (Phi) is 8.58. The van der Waals surface area contributed by atoms with Crippen LogP contribution in [-0.4, -0.2) is 58.9 Å². The zero-order valence-corrected chi connectivity index (χ0v) is 20.0. The van der Waals surface area contributed by atoms with Crippen molar-refractivity contribution in [3.05, 3.63) is 52.5 Å². The third-order valence-corrected chi connectivity index (χ3v) is 7.00. The number of nitrogens with one attached hydrogen (secondary N) is 2. The molecule has 2 N–H and O–H groups in total. The first-order valence-electron chi connectivity index (χ1n) is 10.9. The average Bonchev–Trinajstić information content (AvgIpc) is 3.35. The molecule has 32 heavy (non-hydrogen) atoms. The van der Waals surface area contributed by atoms with E-state index in [1.165, 1.54) is 23.5 Å². The van der Waals surface area contributed by atoms with E-state index in [0.717, 1.165) is 18.5 Å². The standard InChI is InChI=1S/C23H29FN4O2S2/c1-3-27(4-2)22(30)20(26-21(29)19-6-5-15-32-19)16-11-13-28(14-12-16)23(31)25-18-9-7-17(24)8-10-18/h5-10,15-16,20H,3-4,11-14H2,1-2H3,(H,25,31)(H,26,29)/t20-/m1/s1. The number of carbonyl (C=O) groups is 2. The van der Waals surface area contributed by atoms with Gasteiger partial charge in [-0.1, -0.05) is 6.07 Å². The van der Waals surface area contributed by atoms with Gasteiger partial charge in [0, 0.05) is 31.9 Å². The third kappa shape index (κ3) is 6.04. The van der Waals surface area contributed by atoms with E-state index < -0.39 is 6.04 Å². The van der Waals surface area contributed by atoms with Crippen LogP contribution in [0.5, 0.6) is 0 Å². The van der Waals surface area contributed by atoms with Crippen LogP contribution in [0.15, 0.2) is 41.8 Å². The molecule has 1 fully saturated rings. The van der Waals surface area contributed by atoms with Gasteiger partial charge in [0.1, 0.15) is 11.9 Å². The minimum absolute atomic E-state index is 0.0249. The highest BCUT2D eigenvalue weighted by Gasteiger charge is 2.35. The van der Waals surface area contributed by atoms with E-state index >= 15 is 0 Å². The van der Waals surface area contributed by atoms with Gasteiger partial charge in [-0.05, 0) is 80.5 Å². The van der Waals surface area contributed by atoms with Gasteiger partial charge in [0.15, 0.2) is 5.11 Å². The summed E-state index contributed by atoms with van der Waals surface area (Å²) in [5.41, 5.74) is 0.733. The molecule has 1 saturated heterocycles. The lowest BCUT2D eigenvalue weighted by Crippen LogP contribution is -2.55. The van der Waals surface area contributed by atoms with E-state index in [2.05, 4.69) is 15.5 Å². The number of halogens is 1. The van der Waals surface area contributed by atoms with Crippen molar-refractivity contribution in [3.63, 3.8) is 0 Å². The van der Waals surface area contributed by atoms with Gasteiger partial charge in [0.05, 0.1) is 4.88 Å². The molecule has 3 rings (SSSR count). The zero-order chi connectivity index (χ0) is 23.1. The Balaban J connectivity index is 1.64. The number of likely N-dealkylation sites (N-methyl/N-ethyl adjacent to an activating group) is 1. The summed E-state index contributed by atoms with van der Waals surface area (Å²) in [6.45, 7) is 6.45. The molecule has 2 heterocycles. The Hall–Kier alpha value is -2.52. The maximum absolute atomic E-state index is 13.2. The van der Waals surface area contributed by atoms with E-state index in [4.69, 9.17) is 12.2 Å². The Morgan fingerprint density at radius 2 is 1.84 bits per heavy atom. The molecule has 2 aromatic rings. The largest absolute Gasteiger partial charge is 0.349 e. The minimum atomic E-state index is -0.565. The van der Waals surface area contributed by atoms with E-state index in [1.807, 2.05) is 25.3 Å². The number of carbonyl (C=O) groups excluding carboxylic acids is 2. The van der Waals surface area contributed by atoms with Crippen LogP contribution < -0.4 is 10.6 Å². The second-order valence-corrected chi connectivity index (χ2v) is 9.03. The Bertz CT molecular complexity index is 909. The molecule has 172 valence electrons. The summed E-state index contributed by atoms with van der Waals surface area (Å²) < 4.78 is 13.1. The van der Waals surface area contributed by atoms with Crippen LogP contribution >= 0.6 is 23.6 Å². The lowest BCUT2D eigenvalue weighted by molar-refractivity contribution is -0.134. The summed E-state index contributed by atoms with van der Waals surface area (Å²) >= 11 is 6.89. The molecule has 0 aliphatic carbocycles. The summed E-state index contributed by atoms with van der Waals surface area (Å²) in [5.74, 6) is -0.514. The normalized spacial score (nSPS) is 15.2. The Labute approximate surface area is 197 Å². The number of nitrogens with zero attached hydrogens (tertiary/aromatic N) is 2. The second-order valence-electron chi connectivity index (χ2n) is 7.70. The number of piperidine rings is 1. The molecular weight excluding hydrogens is 447 g/mol. The van der Waals surface area contributed by atoms with Crippen molar-refractivity contribution in [1.82, 2.24) is 15.1 Å². The number of hydrogen-bond acceptors (Lipinski definition) is 4. The molecule has 1 aromatic heterocycles. The Morgan fingerprint density at radius 1 is 1.19 bits per heavy atom. The van der Waals surface area contributed by atoms with E-state index in [-0.39, 0.29) is 23.5 Å². The zero-order valence-electron chi connectivity index (χ0n) is 18.3. The van der Waals surface area contributed by atoms with Gasteiger partial charge in [-0.25, -0.2) is 4.39 Å². The van der Waals surface area contributed by atoms with Gasteiger partial charge >= 0.3 is 0 Å². The molecule has 0 saturated carbocycles. The monoisotopic (exact) mass is 476 g/mol. The van der Waals surface area contributed by atoms with Crippen LogP contribution in [0.3, 0.4) is 0 Å². The smallest absolute Gasteiger partial charge is 0.262 e. The number of likely N-dealkylation sites (tertiary alicyclic amines) is 1. The molecule has 0 unspecified atom stereocenters. The summed E-state index contributed by atoms with van der Waals surface area (Å²) in [6, 6.07) is 9.09. The molecule has 0 bridgehead atoms. The second kappa shape index (κ2) is 11.4. The molecule has 6 nitrogen and oxygen atoms in total. The summed E-state index contributed by atoms with van der Waals surface area (Å²) in [6.07, 6.45) is 1.46. The van der Waals surface area contributed by atoms with Crippen molar-refractivity contribution in [2.45, 2.75) is 32.7 Å². The van der Waals surface area contributed by atoms with Crippen LogP contribution in [0.25, 0.3) is 0 Å². The maximum Gasteiger partial charge on any atom is 0.262 e. The van der Waals surface area contributed by atoms with Crippen LogP contribution in [0.1, 0.15) is 36.4 Å². The summed E-state index contributed by atoms with van der Waals surface area (Å²) in [7, 11) is 0. The van der Waals surface area contributed by atoms with Gasteiger partial charge in [0.2, 0.25) is 5.91 Å². The fourth-order valence-electron chi connectivity index (χ4n) is 3.90. The first-order chi connectivity index (χ1) is 15.4. The van der Waals surface area contributed by atoms with Crippen LogP contribution in [0.4, 0.5) is 10.1 Å². The lowest BCUT2D eigenvalue weighted by Gasteiger charge is -2.38. The third-order valence-electron chi connectivity index (χ3n) is 5.77. The van der Waals surface area contributed by atoms with Gasteiger partial charge in [0.25, 0.3) is 5.91 Å². The number of amides is 2. The molecule has 2 amide bonds. The highest BCUT2D eigenvalue weighted by molar-refractivity contribution is 7.80. The van der Waals surface area contributed by atoms with Gasteiger partial charge in [-0.15, -0.1) is 11.3 Å². The average molecular weight is 477 g/mol. The SMILES string of the molecule is CCN(CC)C(=O)[C@H](NC(=O)c1cccs1)C1CCN(C(=S)Nc2ccc(F)cc2)CC1. The molecule has 1 atom stereocenters. The van der Waals surface area contributed by atoms with Gasteiger partial charge < -0.3 is 20.4 Å². The van der Waals surface area contributed by atoms with Crippen LogP contribution in [0.2, 0.25) is 0 Å². The van der Waals surface area contributed by atoms with Crippen molar-refractivity contribution >= 4 is 46.2 Å². The number of thiophene rings is 1. The van der Waals surface area contributed by atoms with Gasteiger partial charge in [-0.3, -0.25) is 9.59 Å². The number of anilines is 1. The van der Waals surface area contributed by atoms with E-state index in [9.17, 15) is 14.0 Å². The fourth-order valence-corrected chi connectivity index (χ4v) is 4.83. The van der Waals surface area contributed by atoms with Crippen LogP contribution in [-0.2, 0) is 4.79 Å². The number of hydrogen-bond donors (Lipinski definition) is 2. The number of thiocarbonyl (C=S) groups is 1. The van der Waals surface area contributed by atoms with Gasteiger partial charge in [-0.2, -0.15) is 0 Å². The predicted octanol–water partition coefficient (Wildman–Crippen LogP) is 3.96. The first kappa shape index (κ1) is 24.1. The van der Waals surface area contributed by atoms with Crippen molar-refractivity contribution in [1.29, 1.82) is 0 Å². The van der Waals surface area contributed by atoms with Crippen molar-refractivity contribution in [2.75, 3.05) is 31.5 Å². The number of rotatable bonds is 7. The first-order valence-corrected chi connectivity index (χ1v) is 12.2. The topological polar surface area (TPSA) is 64.7 Å². The summed E-state index contributed by atoms with van der Waals surface area (Å²) in [4.78, 5) is 30.4. The quantitative estimate of drug-likeness (QED) is 0.592. The molecule has 1 aromatic carbocycles. The van der Waals surface area contributed by atoms with Crippen LogP contribution in [0, 0.1) is 11.7 Å². The summed E-state index contributed by atoms with van der Waals surface area (Å²) in [5, 5.41) is 8.57. The fraction of sp³-hybridized carbons (Fsp3) is 0.435. The molecule has 0 spiro atoms. The molecule has 1 aliphatic heterocycles. The highest BCUT2D eigenvalue weighted by Crippen LogP contribution is 2.24. The molecule has 0 radical (unpaired) electrons. The molecule has 9 heteroatoms. The van der Waals surface area contributed by atoms with Crippen molar-refractivity contribution in [3.8, 4) is 0 Å². The highest BCUT2D eigenvalue weighted by atomic mass is 32.1. The molecular formula is C23H29FN4O2S2.